The van der Waals surface area contributed by atoms with Gasteiger partial charge in [0.25, 0.3) is 5.91 Å². The normalized spacial score (nSPS) is 11.2. The number of nitrogens with zero attached hydrogens (tertiary/aromatic N) is 3. The van der Waals surface area contributed by atoms with Crippen LogP contribution in [0.25, 0.3) is 21.3 Å². The second-order valence-corrected chi connectivity index (χ2v) is 9.16. The zero-order valence-corrected chi connectivity index (χ0v) is 21.1. The van der Waals surface area contributed by atoms with Gasteiger partial charge in [-0.25, -0.2) is 4.98 Å². The van der Waals surface area contributed by atoms with Crippen LogP contribution in [0.5, 0.6) is 5.75 Å². The molecule has 0 aliphatic heterocycles. The Hall–Kier alpha value is -3.22. The molecule has 4 rings (SSSR count). The molecule has 1 aromatic heterocycles. The van der Waals surface area contributed by atoms with Crippen LogP contribution in [0.4, 0.5) is 5.13 Å². The molecule has 6 heteroatoms. The molecule has 5 nitrogen and oxygen atoms in total. The number of rotatable bonds is 9. The monoisotopic (exact) mass is 473 g/mol. The summed E-state index contributed by atoms with van der Waals surface area (Å²) in [4.78, 5) is 22.7. The standard InChI is InChI=1S/C28H31N3O2S/c1-5-30(6-2)18-19-31(28-29-25-24(33-4)17-12-20(3)26(25)34-28)27(32)23-15-13-22(14-16-23)21-10-8-7-9-11-21/h7-17H,5-6,18-19H2,1-4H3. The van der Waals surface area contributed by atoms with Gasteiger partial charge in [0.05, 0.1) is 11.8 Å². The number of aryl methyl sites for hydroxylation is 1. The fraction of sp³-hybridized carbons (Fsp3) is 0.286. The lowest BCUT2D eigenvalue weighted by molar-refractivity contribution is 0.0984. The van der Waals surface area contributed by atoms with Crippen molar-refractivity contribution in [3.8, 4) is 16.9 Å². The van der Waals surface area contributed by atoms with Gasteiger partial charge in [0.15, 0.2) is 5.13 Å². The smallest absolute Gasteiger partial charge is 0.260 e. The number of hydrogen-bond acceptors (Lipinski definition) is 5. The van der Waals surface area contributed by atoms with E-state index >= 15 is 0 Å². The summed E-state index contributed by atoms with van der Waals surface area (Å²) in [5, 5.41) is 0.701. The van der Waals surface area contributed by atoms with Gasteiger partial charge in [0, 0.05) is 18.7 Å². The van der Waals surface area contributed by atoms with Crippen molar-refractivity contribution in [2.75, 3.05) is 38.2 Å². The van der Waals surface area contributed by atoms with Crippen molar-refractivity contribution in [2.24, 2.45) is 0 Å². The first-order chi connectivity index (χ1) is 16.5. The minimum Gasteiger partial charge on any atom is -0.494 e. The number of anilines is 1. The predicted molar refractivity (Wildman–Crippen MR) is 142 cm³/mol. The number of ether oxygens (including phenoxy) is 1. The predicted octanol–water partition coefficient (Wildman–Crippen LogP) is 6.27. The topological polar surface area (TPSA) is 45.7 Å². The molecule has 34 heavy (non-hydrogen) atoms. The van der Waals surface area contributed by atoms with Gasteiger partial charge in [-0.2, -0.15) is 0 Å². The fourth-order valence-corrected chi connectivity index (χ4v) is 5.11. The largest absolute Gasteiger partial charge is 0.494 e. The molecular formula is C28H31N3O2S. The van der Waals surface area contributed by atoms with E-state index in [1.54, 1.807) is 18.4 Å². The Morgan fingerprint density at radius 2 is 1.59 bits per heavy atom. The maximum Gasteiger partial charge on any atom is 0.260 e. The zero-order chi connectivity index (χ0) is 24.1. The third kappa shape index (κ3) is 4.98. The van der Waals surface area contributed by atoms with Crippen LogP contribution in [0.1, 0.15) is 29.8 Å². The van der Waals surface area contributed by atoms with Crippen molar-refractivity contribution in [2.45, 2.75) is 20.8 Å². The summed E-state index contributed by atoms with van der Waals surface area (Å²) < 4.78 is 6.59. The highest BCUT2D eigenvalue weighted by atomic mass is 32.1. The highest BCUT2D eigenvalue weighted by Crippen LogP contribution is 2.37. The Balaban J connectivity index is 1.69. The summed E-state index contributed by atoms with van der Waals surface area (Å²) in [6.45, 7) is 9.59. The second kappa shape index (κ2) is 10.8. The molecule has 0 saturated heterocycles. The van der Waals surface area contributed by atoms with Gasteiger partial charge >= 0.3 is 0 Å². The Kier molecular flexibility index (Phi) is 7.60. The molecule has 0 fully saturated rings. The lowest BCUT2D eigenvalue weighted by Crippen LogP contribution is -2.38. The zero-order valence-electron chi connectivity index (χ0n) is 20.2. The van der Waals surface area contributed by atoms with Gasteiger partial charge < -0.3 is 9.64 Å². The minimum atomic E-state index is -0.0394. The third-order valence-corrected chi connectivity index (χ3v) is 7.38. The molecule has 4 aromatic rings. The van der Waals surface area contributed by atoms with Crippen LogP contribution in [-0.2, 0) is 0 Å². The quantitative estimate of drug-likeness (QED) is 0.287. The average Bonchev–Trinajstić information content (AvgIpc) is 3.33. The molecule has 0 aliphatic carbocycles. The Morgan fingerprint density at radius 3 is 2.24 bits per heavy atom. The molecule has 0 spiro atoms. The van der Waals surface area contributed by atoms with E-state index in [-0.39, 0.29) is 5.91 Å². The third-order valence-electron chi connectivity index (χ3n) is 6.16. The second-order valence-electron chi connectivity index (χ2n) is 8.19. The molecule has 0 aliphatic rings. The van der Waals surface area contributed by atoms with E-state index in [9.17, 15) is 4.79 Å². The molecule has 0 saturated carbocycles. The van der Waals surface area contributed by atoms with Gasteiger partial charge in [-0.3, -0.25) is 9.69 Å². The summed E-state index contributed by atoms with van der Waals surface area (Å²) in [5.41, 5.74) is 4.81. The minimum absolute atomic E-state index is 0.0394. The van der Waals surface area contributed by atoms with Crippen molar-refractivity contribution < 1.29 is 9.53 Å². The van der Waals surface area contributed by atoms with Crippen LogP contribution in [0.3, 0.4) is 0 Å². The van der Waals surface area contributed by atoms with Crippen LogP contribution in [-0.4, -0.2) is 49.1 Å². The number of aromatic nitrogens is 1. The number of benzene rings is 3. The van der Waals surface area contributed by atoms with Gasteiger partial charge in [-0.15, -0.1) is 0 Å². The Bertz CT molecular complexity index is 1250. The van der Waals surface area contributed by atoms with Crippen LogP contribution in [0.15, 0.2) is 66.7 Å². The van der Waals surface area contributed by atoms with Crippen molar-refractivity contribution in [3.05, 3.63) is 77.9 Å². The molecule has 0 unspecified atom stereocenters. The number of carbonyl (C=O) groups is 1. The van der Waals surface area contributed by atoms with E-state index in [4.69, 9.17) is 9.72 Å². The molecule has 3 aromatic carbocycles. The number of hydrogen-bond donors (Lipinski definition) is 0. The van der Waals surface area contributed by atoms with E-state index in [0.717, 1.165) is 52.3 Å². The molecule has 1 amide bonds. The highest BCUT2D eigenvalue weighted by molar-refractivity contribution is 7.22. The van der Waals surface area contributed by atoms with Gasteiger partial charge in [-0.1, -0.05) is 73.7 Å². The van der Waals surface area contributed by atoms with Crippen molar-refractivity contribution >= 4 is 32.6 Å². The van der Waals surface area contributed by atoms with Gasteiger partial charge in [-0.05, 0) is 54.9 Å². The molecule has 1 heterocycles. The van der Waals surface area contributed by atoms with Crippen LogP contribution >= 0.6 is 11.3 Å². The molecule has 0 radical (unpaired) electrons. The van der Waals surface area contributed by atoms with Crippen LogP contribution in [0.2, 0.25) is 0 Å². The Labute approximate surface area is 205 Å². The van der Waals surface area contributed by atoms with E-state index in [1.165, 1.54) is 0 Å². The number of amides is 1. The van der Waals surface area contributed by atoms with Gasteiger partial charge in [0.1, 0.15) is 11.3 Å². The number of thiazole rings is 1. The van der Waals surface area contributed by atoms with Gasteiger partial charge in [0.2, 0.25) is 0 Å². The van der Waals surface area contributed by atoms with Crippen LogP contribution < -0.4 is 9.64 Å². The molecule has 0 bridgehead atoms. The lowest BCUT2D eigenvalue weighted by Gasteiger charge is -2.24. The summed E-state index contributed by atoms with van der Waals surface area (Å²) in [5.74, 6) is 0.689. The number of carbonyl (C=O) groups excluding carboxylic acids is 1. The molecule has 176 valence electrons. The number of fused-ring (bicyclic) bond motifs is 1. The first-order valence-electron chi connectivity index (χ1n) is 11.7. The van der Waals surface area contributed by atoms with Crippen molar-refractivity contribution in [1.29, 1.82) is 0 Å². The number of likely N-dealkylation sites (N-methyl/N-ethyl adjacent to an activating group) is 1. The van der Waals surface area contributed by atoms with E-state index < -0.39 is 0 Å². The SMILES string of the molecule is CCN(CC)CCN(C(=O)c1ccc(-c2ccccc2)cc1)c1nc2c(OC)ccc(C)c2s1. The van der Waals surface area contributed by atoms with E-state index in [1.807, 2.05) is 59.5 Å². The van der Waals surface area contributed by atoms with Crippen molar-refractivity contribution in [3.63, 3.8) is 0 Å². The first-order valence-corrected chi connectivity index (χ1v) is 12.5. The molecule has 0 N–H and O–H groups in total. The molecular weight excluding hydrogens is 442 g/mol. The Morgan fingerprint density at radius 1 is 0.912 bits per heavy atom. The van der Waals surface area contributed by atoms with Crippen LogP contribution in [0, 0.1) is 6.92 Å². The average molecular weight is 474 g/mol. The summed E-state index contributed by atoms with van der Waals surface area (Å²) >= 11 is 1.55. The maximum absolute atomic E-state index is 13.7. The van der Waals surface area contributed by atoms with E-state index in [0.29, 0.717) is 17.2 Å². The maximum atomic E-state index is 13.7. The molecule has 0 atom stereocenters. The van der Waals surface area contributed by atoms with Crippen molar-refractivity contribution in [1.82, 2.24) is 9.88 Å². The van der Waals surface area contributed by atoms with E-state index in [2.05, 4.69) is 37.8 Å². The first kappa shape index (κ1) is 23.9. The highest BCUT2D eigenvalue weighted by Gasteiger charge is 2.23. The number of methoxy groups -OCH3 is 1. The summed E-state index contributed by atoms with van der Waals surface area (Å²) in [6.07, 6.45) is 0. The summed E-state index contributed by atoms with van der Waals surface area (Å²) in [7, 11) is 1.65. The summed E-state index contributed by atoms with van der Waals surface area (Å²) in [6, 6.07) is 22.0. The fourth-order valence-electron chi connectivity index (χ4n) is 4.04. The lowest BCUT2D eigenvalue weighted by atomic mass is 10.0.